The standard InChI is InChI=1S/C62H51NO/c1-5-42(33-32-41(2)43-20-9-6-10-21-43)55-40-56-54-29-19-31-59(61(54)64-60(56)53-28-16-15-26-50(53)55)63(48-34-35-52-51-27-17-18-30-57(51)62(3,4)58(52)39-48)49-37-46(44-22-11-7-12-23-44)36-47(38-49)45-24-13-8-14-25-45/h5-7,9-13,15-41H,8,14H2,1-4H3/b33-32-,42-5+. The van der Waals surface area contributed by atoms with Gasteiger partial charge in [0.15, 0.2) is 5.58 Å². The molecule has 11 rings (SSSR count). The number of hydrogen-bond acceptors (Lipinski definition) is 2. The van der Waals surface area contributed by atoms with Crippen LogP contribution in [0.15, 0.2) is 211 Å². The van der Waals surface area contributed by atoms with Gasteiger partial charge >= 0.3 is 0 Å². The van der Waals surface area contributed by atoms with Crippen molar-refractivity contribution in [3.63, 3.8) is 0 Å². The average molecular weight is 826 g/mol. The van der Waals surface area contributed by atoms with Gasteiger partial charge in [-0.2, -0.15) is 0 Å². The summed E-state index contributed by atoms with van der Waals surface area (Å²) in [6, 6.07) is 62.3. The van der Waals surface area contributed by atoms with E-state index in [1.54, 1.807) is 0 Å². The summed E-state index contributed by atoms with van der Waals surface area (Å²) in [4.78, 5) is 2.45. The van der Waals surface area contributed by atoms with Gasteiger partial charge in [-0.15, -0.1) is 0 Å². The number of para-hydroxylation sites is 1. The van der Waals surface area contributed by atoms with E-state index in [0.29, 0.717) is 0 Å². The molecule has 2 heteroatoms. The zero-order valence-electron chi connectivity index (χ0n) is 37.0. The van der Waals surface area contributed by atoms with Crippen LogP contribution in [0, 0.1) is 0 Å². The quantitative estimate of drug-likeness (QED) is 0.135. The molecule has 310 valence electrons. The molecule has 1 unspecified atom stereocenters. The summed E-state index contributed by atoms with van der Waals surface area (Å²) in [6.45, 7) is 9.13. The van der Waals surface area contributed by atoms with Crippen molar-refractivity contribution < 1.29 is 4.42 Å². The van der Waals surface area contributed by atoms with Crippen molar-refractivity contribution in [1.29, 1.82) is 0 Å². The van der Waals surface area contributed by atoms with Crippen molar-refractivity contribution in [3.8, 4) is 22.3 Å². The summed E-state index contributed by atoms with van der Waals surface area (Å²) in [5.41, 5.74) is 18.6. The van der Waals surface area contributed by atoms with Crippen LogP contribution in [0.5, 0.6) is 0 Å². The Morgan fingerprint density at radius 3 is 2.09 bits per heavy atom. The van der Waals surface area contributed by atoms with Crippen molar-refractivity contribution in [2.75, 3.05) is 4.90 Å². The highest BCUT2D eigenvalue weighted by Crippen LogP contribution is 2.52. The largest absolute Gasteiger partial charge is 0.453 e. The predicted molar refractivity (Wildman–Crippen MR) is 273 cm³/mol. The highest BCUT2D eigenvalue weighted by Gasteiger charge is 2.36. The van der Waals surface area contributed by atoms with Crippen molar-refractivity contribution in [1.82, 2.24) is 0 Å². The van der Waals surface area contributed by atoms with Gasteiger partial charge in [0.1, 0.15) is 5.58 Å². The molecule has 2 aliphatic carbocycles. The van der Waals surface area contributed by atoms with E-state index in [1.165, 1.54) is 66.6 Å². The van der Waals surface area contributed by atoms with E-state index >= 15 is 0 Å². The van der Waals surface area contributed by atoms with Crippen molar-refractivity contribution in [3.05, 3.63) is 234 Å². The molecule has 0 radical (unpaired) electrons. The summed E-state index contributed by atoms with van der Waals surface area (Å²) in [7, 11) is 0. The van der Waals surface area contributed by atoms with Crippen molar-refractivity contribution in [2.45, 2.75) is 51.9 Å². The van der Waals surface area contributed by atoms with Gasteiger partial charge in [-0.1, -0.05) is 185 Å². The van der Waals surface area contributed by atoms with Crippen LogP contribution in [0.2, 0.25) is 0 Å². The van der Waals surface area contributed by atoms with Crippen molar-refractivity contribution in [2.24, 2.45) is 0 Å². The van der Waals surface area contributed by atoms with Crippen LogP contribution in [0.25, 0.3) is 66.1 Å². The summed E-state index contributed by atoms with van der Waals surface area (Å²) in [5.74, 6) is 0.278. The first-order valence-corrected chi connectivity index (χ1v) is 22.8. The molecule has 0 bridgehead atoms. The fourth-order valence-electron chi connectivity index (χ4n) is 10.3. The van der Waals surface area contributed by atoms with E-state index in [4.69, 9.17) is 4.42 Å². The highest BCUT2D eigenvalue weighted by atomic mass is 16.3. The lowest BCUT2D eigenvalue weighted by Gasteiger charge is -2.29. The molecule has 0 aliphatic heterocycles. The maximum atomic E-state index is 7.29. The zero-order chi connectivity index (χ0) is 43.4. The van der Waals surface area contributed by atoms with Gasteiger partial charge in [-0.3, -0.25) is 0 Å². The molecule has 2 aliphatic rings. The highest BCUT2D eigenvalue weighted by molar-refractivity contribution is 6.20. The second kappa shape index (κ2) is 16.0. The first-order chi connectivity index (χ1) is 31.4. The second-order valence-corrected chi connectivity index (χ2v) is 17.9. The van der Waals surface area contributed by atoms with E-state index in [0.717, 1.165) is 57.2 Å². The van der Waals surface area contributed by atoms with Gasteiger partial charge in [0.05, 0.1) is 5.69 Å². The molecule has 0 spiro atoms. The molecule has 0 saturated carbocycles. The summed E-state index contributed by atoms with van der Waals surface area (Å²) in [5, 5.41) is 4.48. The number of fused-ring (bicyclic) bond motifs is 8. The number of benzene rings is 8. The van der Waals surface area contributed by atoms with E-state index in [2.05, 4.69) is 239 Å². The maximum absolute atomic E-state index is 7.29. The van der Waals surface area contributed by atoms with Crippen LogP contribution < -0.4 is 4.90 Å². The Kier molecular flexibility index (Phi) is 9.89. The molecule has 1 aromatic heterocycles. The van der Waals surface area contributed by atoms with E-state index < -0.39 is 0 Å². The molecule has 8 aromatic carbocycles. The lowest BCUT2D eigenvalue weighted by atomic mass is 9.82. The van der Waals surface area contributed by atoms with Crippen LogP contribution in [0.4, 0.5) is 17.1 Å². The minimum absolute atomic E-state index is 0.166. The average Bonchev–Trinajstić information content (AvgIpc) is 3.84. The van der Waals surface area contributed by atoms with Crippen LogP contribution >= 0.6 is 0 Å². The third kappa shape index (κ3) is 6.73. The molecule has 9 aromatic rings. The smallest absolute Gasteiger partial charge is 0.159 e. The predicted octanol–water partition coefficient (Wildman–Crippen LogP) is 17.7. The first kappa shape index (κ1) is 39.4. The van der Waals surface area contributed by atoms with Gasteiger partial charge in [0.2, 0.25) is 0 Å². The molecule has 2 nitrogen and oxygen atoms in total. The van der Waals surface area contributed by atoms with Gasteiger partial charge in [-0.05, 0) is 135 Å². The number of allylic oxidation sites excluding steroid dienone is 8. The van der Waals surface area contributed by atoms with Crippen LogP contribution in [-0.4, -0.2) is 0 Å². The molecular weight excluding hydrogens is 775 g/mol. The van der Waals surface area contributed by atoms with Crippen LogP contribution in [0.3, 0.4) is 0 Å². The number of furan rings is 1. The fraction of sp³-hybridized carbons (Fsp3) is 0.129. The summed E-state index contributed by atoms with van der Waals surface area (Å²) in [6.07, 6.45) is 15.9. The van der Waals surface area contributed by atoms with E-state index in [9.17, 15) is 0 Å². The molecule has 64 heavy (non-hydrogen) atoms. The van der Waals surface area contributed by atoms with Gasteiger partial charge in [-0.25, -0.2) is 0 Å². The van der Waals surface area contributed by atoms with Gasteiger partial charge in [0, 0.05) is 32.9 Å². The monoisotopic (exact) mass is 825 g/mol. The number of nitrogens with zero attached hydrogens (tertiary/aromatic N) is 1. The topological polar surface area (TPSA) is 16.4 Å². The third-order valence-electron chi connectivity index (χ3n) is 13.7. The van der Waals surface area contributed by atoms with Crippen molar-refractivity contribution >= 4 is 60.9 Å². The number of anilines is 3. The normalized spacial score (nSPS) is 14.9. The molecule has 0 amide bonds. The Balaban J connectivity index is 1.15. The van der Waals surface area contributed by atoms with Gasteiger partial charge < -0.3 is 9.32 Å². The first-order valence-electron chi connectivity index (χ1n) is 22.8. The van der Waals surface area contributed by atoms with Crippen LogP contribution in [0.1, 0.15) is 74.3 Å². The number of rotatable bonds is 9. The summed E-state index contributed by atoms with van der Waals surface area (Å²) < 4.78 is 7.29. The fourth-order valence-corrected chi connectivity index (χ4v) is 10.3. The molecule has 0 saturated heterocycles. The Hall–Kier alpha value is -7.42. The lowest BCUT2D eigenvalue weighted by Crippen LogP contribution is -2.16. The van der Waals surface area contributed by atoms with Crippen LogP contribution in [-0.2, 0) is 5.41 Å². The number of hydrogen-bond donors (Lipinski definition) is 0. The van der Waals surface area contributed by atoms with E-state index in [-0.39, 0.29) is 11.3 Å². The third-order valence-corrected chi connectivity index (χ3v) is 13.7. The Labute approximate surface area is 376 Å². The Morgan fingerprint density at radius 2 is 1.30 bits per heavy atom. The molecule has 1 heterocycles. The minimum Gasteiger partial charge on any atom is -0.453 e. The molecule has 1 atom stereocenters. The van der Waals surface area contributed by atoms with Gasteiger partial charge in [0.25, 0.3) is 0 Å². The Bertz CT molecular complexity index is 3380. The maximum Gasteiger partial charge on any atom is 0.159 e. The minimum atomic E-state index is -0.166. The van der Waals surface area contributed by atoms with E-state index in [1.807, 2.05) is 0 Å². The zero-order valence-corrected chi connectivity index (χ0v) is 37.0. The molecule has 0 fully saturated rings. The SMILES string of the molecule is C/C=C(\C=C/C(C)c1ccccc1)c1cc2c3cccc(N(c4cc(C5=CCCC=C5)cc(-c5ccccc5)c4)c4ccc5c(c4)C(C)(C)c4ccccc4-5)c3oc2c2ccccc12. The summed E-state index contributed by atoms with van der Waals surface area (Å²) >= 11 is 0. The second-order valence-electron chi connectivity index (χ2n) is 17.9. The Morgan fingerprint density at radius 1 is 0.594 bits per heavy atom. The molecular formula is C62H51NO. The lowest BCUT2D eigenvalue weighted by molar-refractivity contribution is 0.660. The molecule has 0 N–H and O–H groups in total.